The standard InChI is InChI=1S/C21H27N3O2S/c25-19(17-27-20-9-5-2-6-10-20)15-23-11-13-24(14-12-23)16-21(26)22-18-7-3-1-4-8-18/h1-10,19,25H,11-17H2,(H,22,26). The number of hydrogen-bond acceptors (Lipinski definition) is 5. The zero-order chi connectivity index (χ0) is 18.9. The molecule has 144 valence electrons. The zero-order valence-corrected chi connectivity index (χ0v) is 16.3. The molecule has 1 amide bonds. The van der Waals surface area contributed by atoms with E-state index in [0.29, 0.717) is 18.8 Å². The van der Waals surface area contributed by atoms with Crippen molar-refractivity contribution in [2.45, 2.75) is 11.0 Å². The van der Waals surface area contributed by atoms with E-state index in [1.54, 1.807) is 11.8 Å². The summed E-state index contributed by atoms with van der Waals surface area (Å²) in [7, 11) is 0. The zero-order valence-electron chi connectivity index (χ0n) is 15.5. The van der Waals surface area contributed by atoms with Gasteiger partial charge in [0, 0.05) is 49.1 Å². The summed E-state index contributed by atoms with van der Waals surface area (Å²) < 4.78 is 0. The Labute approximate surface area is 165 Å². The monoisotopic (exact) mass is 385 g/mol. The van der Waals surface area contributed by atoms with Crippen LogP contribution in [0.2, 0.25) is 0 Å². The molecule has 1 heterocycles. The molecule has 1 unspecified atom stereocenters. The van der Waals surface area contributed by atoms with Gasteiger partial charge in [-0.3, -0.25) is 14.6 Å². The summed E-state index contributed by atoms with van der Waals surface area (Å²) in [5.74, 6) is 0.720. The summed E-state index contributed by atoms with van der Waals surface area (Å²) >= 11 is 1.69. The minimum Gasteiger partial charge on any atom is -0.391 e. The van der Waals surface area contributed by atoms with E-state index in [4.69, 9.17) is 0 Å². The number of amides is 1. The molecule has 5 nitrogen and oxygen atoms in total. The van der Waals surface area contributed by atoms with Gasteiger partial charge in [-0.1, -0.05) is 36.4 Å². The van der Waals surface area contributed by atoms with Crippen LogP contribution in [-0.4, -0.2) is 71.9 Å². The quantitative estimate of drug-likeness (QED) is 0.684. The molecule has 2 N–H and O–H groups in total. The molecule has 27 heavy (non-hydrogen) atoms. The lowest BCUT2D eigenvalue weighted by Crippen LogP contribution is -2.50. The van der Waals surface area contributed by atoms with Crippen molar-refractivity contribution < 1.29 is 9.90 Å². The number of anilines is 1. The molecule has 0 aromatic heterocycles. The average molecular weight is 386 g/mol. The van der Waals surface area contributed by atoms with E-state index < -0.39 is 0 Å². The van der Waals surface area contributed by atoms with Crippen molar-refractivity contribution in [3.05, 3.63) is 60.7 Å². The van der Waals surface area contributed by atoms with Crippen molar-refractivity contribution in [2.24, 2.45) is 0 Å². The molecule has 0 saturated carbocycles. The van der Waals surface area contributed by atoms with Crippen LogP contribution in [0.1, 0.15) is 0 Å². The SMILES string of the molecule is O=C(CN1CCN(CC(O)CSc2ccccc2)CC1)Nc1ccccc1. The lowest BCUT2D eigenvalue weighted by molar-refractivity contribution is -0.117. The first-order valence-corrected chi connectivity index (χ1v) is 10.3. The Balaban J connectivity index is 1.33. The Hall–Kier alpha value is -1.86. The van der Waals surface area contributed by atoms with Gasteiger partial charge < -0.3 is 10.4 Å². The number of aliphatic hydroxyl groups is 1. The molecule has 1 saturated heterocycles. The van der Waals surface area contributed by atoms with Crippen molar-refractivity contribution in [3.63, 3.8) is 0 Å². The fourth-order valence-electron chi connectivity index (χ4n) is 3.11. The molecular weight excluding hydrogens is 358 g/mol. The number of thioether (sulfide) groups is 1. The number of carbonyl (C=O) groups is 1. The predicted molar refractivity (Wildman–Crippen MR) is 111 cm³/mol. The Kier molecular flexibility index (Phi) is 7.71. The van der Waals surface area contributed by atoms with E-state index in [9.17, 15) is 9.90 Å². The number of aliphatic hydroxyl groups excluding tert-OH is 1. The van der Waals surface area contributed by atoms with E-state index >= 15 is 0 Å². The predicted octanol–water partition coefficient (Wildman–Crippen LogP) is 2.40. The Morgan fingerprint density at radius 1 is 0.963 bits per heavy atom. The van der Waals surface area contributed by atoms with Gasteiger partial charge in [0.15, 0.2) is 0 Å². The second-order valence-electron chi connectivity index (χ2n) is 6.77. The molecule has 1 aliphatic heterocycles. The molecule has 2 aromatic carbocycles. The van der Waals surface area contributed by atoms with Gasteiger partial charge in [0.25, 0.3) is 0 Å². The molecular formula is C21H27N3O2S. The van der Waals surface area contributed by atoms with Crippen LogP contribution in [0.5, 0.6) is 0 Å². The number of piperazine rings is 1. The Morgan fingerprint density at radius 2 is 1.56 bits per heavy atom. The van der Waals surface area contributed by atoms with Gasteiger partial charge in [0.05, 0.1) is 12.6 Å². The first kappa shape index (κ1) is 19.9. The average Bonchev–Trinajstić information content (AvgIpc) is 2.69. The van der Waals surface area contributed by atoms with Crippen molar-refractivity contribution in [2.75, 3.05) is 50.3 Å². The molecule has 0 radical (unpaired) electrons. The molecule has 0 aliphatic carbocycles. The summed E-state index contributed by atoms with van der Waals surface area (Å²) in [6, 6.07) is 19.7. The van der Waals surface area contributed by atoms with E-state index in [1.807, 2.05) is 48.5 Å². The van der Waals surface area contributed by atoms with E-state index in [1.165, 1.54) is 4.90 Å². The molecule has 0 spiro atoms. The number of para-hydroxylation sites is 1. The van der Waals surface area contributed by atoms with Crippen molar-refractivity contribution in [1.29, 1.82) is 0 Å². The summed E-state index contributed by atoms with van der Waals surface area (Å²) in [6.07, 6.45) is -0.344. The fourth-order valence-corrected chi connectivity index (χ4v) is 3.95. The largest absolute Gasteiger partial charge is 0.391 e. The molecule has 6 heteroatoms. The maximum Gasteiger partial charge on any atom is 0.238 e. The number of hydrogen-bond donors (Lipinski definition) is 2. The van der Waals surface area contributed by atoms with Gasteiger partial charge >= 0.3 is 0 Å². The molecule has 1 fully saturated rings. The summed E-state index contributed by atoms with van der Waals surface area (Å²) in [5, 5.41) is 13.2. The highest BCUT2D eigenvalue weighted by molar-refractivity contribution is 7.99. The number of carbonyl (C=O) groups excluding carboxylic acids is 1. The highest BCUT2D eigenvalue weighted by atomic mass is 32.2. The third kappa shape index (κ3) is 6.99. The van der Waals surface area contributed by atoms with E-state index in [2.05, 4.69) is 27.2 Å². The van der Waals surface area contributed by atoms with E-state index in [-0.39, 0.29) is 12.0 Å². The smallest absolute Gasteiger partial charge is 0.238 e. The topological polar surface area (TPSA) is 55.8 Å². The van der Waals surface area contributed by atoms with Gasteiger partial charge in [-0.15, -0.1) is 11.8 Å². The van der Waals surface area contributed by atoms with Gasteiger partial charge in [-0.2, -0.15) is 0 Å². The lowest BCUT2D eigenvalue weighted by Gasteiger charge is -2.35. The third-order valence-electron chi connectivity index (χ3n) is 4.54. The molecule has 0 bridgehead atoms. The van der Waals surface area contributed by atoms with Crippen LogP contribution in [0.25, 0.3) is 0 Å². The van der Waals surface area contributed by atoms with Crippen LogP contribution < -0.4 is 5.32 Å². The molecule has 1 atom stereocenters. The molecule has 2 aromatic rings. The fraction of sp³-hybridized carbons (Fsp3) is 0.381. The van der Waals surface area contributed by atoms with Crippen molar-refractivity contribution in [1.82, 2.24) is 9.80 Å². The lowest BCUT2D eigenvalue weighted by atomic mass is 10.2. The summed E-state index contributed by atoms with van der Waals surface area (Å²) in [5.41, 5.74) is 0.833. The van der Waals surface area contributed by atoms with Crippen molar-refractivity contribution in [3.8, 4) is 0 Å². The van der Waals surface area contributed by atoms with Crippen molar-refractivity contribution >= 4 is 23.4 Å². The Morgan fingerprint density at radius 3 is 2.22 bits per heavy atom. The molecule has 1 aliphatic rings. The summed E-state index contributed by atoms with van der Waals surface area (Å²) in [6.45, 7) is 4.55. The first-order chi connectivity index (χ1) is 13.2. The van der Waals surface area contributed by atoms with Gasteiger partial charge in [0.2, 0.25) is 5.91 Å². The van der Waals surface area contributed by atoms with Crippen LogP contribution >= 0.6 is 11.8 Å². The third-order valence-corrected chi connectivity index (χ3v) is 5.70. The van der Waals surface area contributed by atoms with Crippen LogP contribution in [0.15, 0.2) is 65.6 Å². The second-order valence-corrected chi connectivity index (χ2v) is 7.86. The van der Waals surface area contributed by atoms with E-state index in [0.717, 1.165) is 31.9 Å². The van der Waals surface area contributed by atoms with Gasteiger partial charge in [0.1, 0.15) is 0 Å². The maximum atomic E-state index is 12.2. The van der Waals surface area contributed by atoms with Gasteiger partial charge in [-0.05, 0) is 24.3 Å². The number of nitrogens with zero attached hydrogens (tertiary/aromatic N) is 2. The normalized spacial score (nSPS) is 16.8. The minimum absolute atomic E-state index is 0.0222. The van der Waals surface area contributed by atoms with Crippen LogP contribution in [0, 0.1) is 0 Å². The number of benzene rings is 2. The number of nitrogens with one attached hydrogen (secondary N) is 1. The number of rotatable bonds is 8. The Bertz CT molecular complexity index is 691. The van der Waals surface area contributed by atoms with Crippen LogP contribution in [-0.2, 0) is 4.79 Å². The van der Waals surface area contributed by atoms with Crippen LogP contribution in [0.4, 0.5) is 5.69 Å². The second kappa shape index (κ2) is 10.5. The highest BCUT2D eigenvalue weighted by Crippen LogP contribution is 2.18. The molecule has 3 rings (SSSR count). The maximum absolute atomic E-state index is 12.2. The minimum atomic E-state index is -0.344. The first-order valence-electron chi connectivity index (χ1n) is 9.34. The number of β-amino-alcohol motifs (C(OH)–C–C–N with tert-alkyl or cyclic N) is 1. The van der Waals surface area contributed by atoms with Crippen LogP contribution in [0.3, 0.4) is 0 Å². The highest BCUT2D eigenvalue weighted by Gasteiger charge is 2.20. The summed E-state index contributed by atoms with van der Waals surface area (Å²) in [4.78, 5) is 17.8. The van der Waals surface area contributed by atoms with Gasteiger partial charge in [-0.25, -0.2) is 0 Å².